The number of anilines is 1. The number of hydrogen-bond acceptors (Lipinski definition) is 5. The van der Waals surface area contributed by atoms with E-state index in [1.807, 2.05) is 6.07 Å². The molecule has 0 atom stereocenters. The highest BCUT2D eigenvalue weighted by Crippen LogP contribution is 2.24. The fraction of sp³-hybridized carbons (Fsp3) is 0.0833. The quantitative estimate of drug-likeness (QED) is 0.683. The van der Waals surface area contributed by atoms with Crippen LogP contribution in [0.25, 0.3) is 0 Å². The smallest absolute Gasteiger partial charge is 0.404 e. The molecule has 2 rings (SSSR count). The van der Waals surface area contributed by atoms with Crippen LogP contribution in [0, 0.1) is 21.4 Å². The topological polar surface area (TPSA) is 92.1 Å². The van der Waals surface area contributed by atoms with Crippen LogP contribution in [-0.2, 0) is 6.54 Å². The maximum atomic E-state index is 10.5. The van der Waals surface area contributed by atoms with E-state index in [1.54, 1.807) is 12.1 Å². The molecule has 6 nitrogen and oxygen atoms in total. The maximum Gasteiger partial charge on any atom is 0.433 e. The van der Waals surface area contributed by atoms with Gasteiger partial charge in [-0.3, -0.25) is 10.1 Å². The maximum absolute atomic E-state index is 10.5. The number of rotatable bonds is 4. The first-order valence-electron chi connectivity index (χ1n) is 5.27. The van der Waals surface area contributed by atoms with Gasteiger partial charge < -0.3 is 9.73 Å². The van der Waals surface area contributed by atoms with Gasteiger partial charge in [-0.2, -0.15) is 5.26 Å². The van der Waals surface area contributed by atoms with Crippen molar-refractivity contribution < 1.29 is 9.34 Å². The number of nitro groups is 1. The molecule has 0 unspecified atom stereocenters. The van der Waals surface area contributed by atoms with Crippen molar-refractivity contribution in [3.8, 4) is 6.07 Å². The Morgan fingerprint density at radius 1 is 1.42 bits per heavy atom. The standard InChI is InChI=1S/C12H8ClN3O3/c13-10-5-8(6-14)1-3-11(10)15-7-9-2-4-12(19-9)16(17)18/h1-5,15H,7H2. The van der Waals surface area contributed by atoms with E-state index in [-0.39, 0.29) is 12.4 Å². The van der Waals surface area contributed by atoms with Gasteiger partial charge in [-0.25, -0.2) is 0 Å². The van der Waals surface area contributed by atoms with E-state index in [4.69, 9.17) is 21.3 Å². The summed E-state index contributed by atoms with van der Waals surface area (Å²) in [7, 11) is 0. The summed E-state index contributed by atoms with van der Waals surface area (Å²) >= 11 is 5.98. The summed E-state index contributed by atoms with van der Waals surface area (Å²) in [5, 5.41) is 22.5. The van der Waals surface area contributed by atoms with Crippen molar-refractivity contribution in [1.29, 1.82) is 5.26 Å². The molecular weight excluding hydrogens is 270 g/mol. The largest absolute Gasteiger partial charge is 0.433 e. The first-order chi connectivity index (χ1) is 9.10. The molecule has 0 saturated carbocycles. The van der Waals surface area contributed by atoms with Gasteiger partial charge in [-0.15, -0.1) is 0 Å². The van der Waals surface area contributed by atoms with Crippen LogP contribution in [-0.4, -0.2) is 4.92 Å². The van der Waals surface area contributed by atoms with Crippen molar-refractivity contribution in [2.24, 2.45) is 0 Å². The number of furan rings is 1. The monoisotopic (exact) mass is 277 g/mol. The second-order valence-electron chi connectivity index (χ2n) is 3.66. The van der Waals surface area contributed by atoms with Crippen molar-refractivity contribution >= 4 is 23.2 Å². The lowest BCUT2D eigenvalue weighted by molar-refractivity contribution is -0.402. The van der Waals surface area contributed by atoms with Crippen LogP contribution in [0.2, 0.25) is 5.02 Å². The van der Waals surface area contributed by atoms with Gasteiger partial charge in [-0.1, -0.05) is 11.6 Å². The normalized spacial score (nSPS) is 9.89. The lowest BCUT2D eigenvalue weighted by Crippen LogP contribution is -1.98. The molecular formula is C12H8ClN3O3. The molecule has 0 aliphatic rings. The van der Waals surface area contributed by atoms with E-state index in [2.05, 4.69) is 5.32 Å². The molecule has 0 aliphatic heterocycles. The van der Waals surface area contributed by atoms with Gasteiger partial charge in [0.25, 0.3) is 0 Å². The second kappa shape index (κ2) is 5.42. The minimum absolute atomic E-state index is 0.263. The first kappa shape index (κ1) is 12.9. The van der Waals surface area contributed by atoms with Gasteiger partial charge >= 0.3 is 5.88 Å². The molecule has 0 fully saturated rings. The van der Waals surface area contributed by atoms with Crippen molar-refractivity contribution in [2.45, 2.75) is 6.54 Å². The number of nitrogens with zero attached hydrogens (tertiary/aromatic N) is 2. The van der Waals surface area contributed by atoms with Crippen LogP contribution in [0.3, 0.4) is 0 Å². The van der Waals surface area contributed by atoms with E-state index in [9.17, 15) is 10.1 Å². The van der Waals surface area contributed by atoms with Gasteiger partial charge in [-0.05, 0) is 24.3 Å². The second-order valence-corrected chi connectivity index (χ2v) is 4.06. The molecule has 0 aliphatic carbocycles. The van der Waals surface area contributed by atoms with E-state index in [1.165, 1.54) is 18.2 Å². The summed E-state index contributed by atoms with van der Waals surface area (Å²) in [5.74, 6) is 0.120. The van der Waals surface area contributed by atoms with Crippen molar-refractivity contribution in [3.05, 3.63) is 56.8 Å². The Morgan fingerprint density at radius 2 is 2.21 bits per heavy atom. The molecule has 0 bridgehead atoms. The minimum Gasteiger partial charge on any atom is -0.404 e. The molecule has 1 heterocycles. The molecule has 1 aromatic heterocycles. The van der Waals surface area contributed by atoms with Crippen LogP contribution in [0.15, 0.2) is 34.7 Å². The Kier molecular flexibility index (Phi) is 3.68. The van der Waals surface area contributed by atoms with Crippen LogP contribution in [0.1, 0.15) is 11.3 Å². The number of halogens is 1. The highest BCUT2D eigenvalue weighted by molar-refractivity contribution is 6.33. The summed E-state index contributed by atoms with van der Waals surface area (Å²) in [5.41, 5.74) is 1.09. The highest BCUT2D eigenvalue weighted by Gasteiger charge is 2.11. The Balaban J connectivity index is 2.06. The molecule has 7 heteroatoms. The molecule has 0 radical (unpaired) electrons. The van der Waals surface area contributed by atoms with Gasteiger partial charge in [0.1, 0.15) is 10.7 Å². The number of hydrogen-bond donors (Lipinski definition) is 1. The van der Waals surface area contributed by atoms with Crippen LogP contribution >= 0.6 is 11.6 Å². The molecule has 0 amide bonds. The average Bonchev–Trinajstić information content (AvgIpc) is 2.86. The molecule has 0 saturated heterocycles. The fourth-order valence-corrected chi connectivity index (χ4v) is 1.72. The predicted octanol–water partition coefficient (Wildman–Crippen LogP) is 3.32. The lowest BCUT2D eigenvalue weighted by atomic mass is 10.2. The first-order valence-corrected chi connectivity index (χ1v) is 5.64. The summed E-state index contributed by atoms with van der Waals surface area (Å²) in [6.45, 7) is 0.263. The van der Waals surface area contributed by atoms with Crippen LogP contribution in [0.5, 0.6) is 0 Å². The third-order valence-electron chi connectivity index (χ3n) is 2.38. The molecule has 0 spiro atoms. The zero-order valence-corrected chi connectivity index (χ0v) is 10.3. The van der Waals surface area contributed by atoms with E-state index in [0.29, 0.717) is 22.0 Å². The summed E-state index contributed by atoms with van der Waals surface area (Å²) in [4.78, 5) is 9.85. The molecule has 1 N–H and O–H groups in total. The third kappa shape index (κ3) is 3.03. The van der Waals surface area contributed by atoms with Crippen molar-refractivity contribution in [1.82, 2.24) is 0 Å². The number of nitriles is 1. The van der Waals surface area contributed by atoms with E-state index < -0.39 is 4.92 Å². The zero-order chi connectivity index (χ0) is 13.8. The van der Waals surface area contributed by atoms with Crippen LogP contribution < -0.4 is 5.32 Å². The summed E-state index contributed by atoms with van der Waals surface area (Å²) < 4.78 is 4.99. The Morgan fingerprint density at radius 3 is 2.79 bits per heavy atom. The molecule has 2 aromatic rings. The number of benzene rings is 1. The van der Waals surface area contributed by atoms with Gasteiger partial charge in [0, 0.05) is 0 Å². The zero-order valence-electron chi connectivity index (χ0n) is 9.59. The Labute approximate surface area is 113 Å². The SMILES string of the molecule is N#Cc1ccc(NCc2ccc([N+](=O)[O-])o2)c(Cl)c1. The van der Waals surface area contributed by atoms with Gasteiger partial charge in [0.2, 0.25) is 0 Å². The summed E-state index contributed by atoms with van der Waals surface area (Å²) in [6, 6.07) is 9.61. The summed E-state index contributed by atoms with van der Waals surface area (Å²) in [6.07, 6.45) is 0. The van der Waals surface area contributed by atoms with E-state index >= 15 is 0 Å². The fourth-order valence-electron chi connectivity index (χ4n) is 1.47. The number of nitrogens with one attached hydrogen (secondary N) is 1. The van der Waals surface area contributed by atoms with Crippen molar-refractivity contribution in [3.63, 3.8) is 0 Å². The third-order valence-corrected chi connectivity index (χ3v) is 2.69. The molecule has 1 aromatic carbocycles. The van der Waals surface area contributed by atoms with Crippen molar-refractivity contribution in [2.75, 3.05) is 5.32 Å². The lowest BCUT2D eigenvalue weighted by Gasteiger charge is -2.06. The molecule has 96 valence electrons. The Hall–Kier alpha value is -2.52. The average molecular weight is 278 g/mol. The predicted molar refractivity (Wildman–Crippen MR) is 68.9 cm³/mol. The highest BCUT2D eigenvalue weighted by atomic mass is 35.5. The minimum atomic E-state index is -0.599. The van der Waals surface area contributed by atoms with E-state index in [0.717, 1.165) is 0 Å². The molecule has 19 heavy (non-hydrogen) atoms. The van der Waals surface area contributed by atoms with Gasteiger partial charge in [0.05, 0.1) is 35.0 Å². The van der Waals surface area contributed by atoms with Gasteiger partial charge in [0.15, 0.2) is 0 Å². The Bertz CT molecular complexity index is 660. The van der Waals surface area contributed by atoms with Crippen LogP contribution in [0.4, 0.5) is 11.6 Å².